The summed E-state index contributed by atoms with van der Waals surface area (Å²) in [5, 5.41) is 3.00. The molecule has 0 bridgehead atoms. The molecule has 1 aliphatic rings. The van der Waals surface area contributed by atoms with E-state index in [2.05, 4.69) is 5.32 Å². The normalized spacial score (nSPS) is 14.8. The Hall–Kier alpha value is -2.21. The van der Waals surface area contributed by atoms with Crippen LogP contribution in [0.4, 0.5) is 0 Å². The maximum Gasteiger partial charge on any atom is 0.331 e. The molecule has 0 spiro atoms. The zero-order chi connectivity index (χ0) is 17.5. The smallest absolute Gasteiger partial charge is 0.331 e. The maximum absolute atomic E-state index is 11.8. The van der Waals surface area contributed by atoms with E-state index < -0.39 is 12.1 Å². The fraction of sp³-hybridized carbons (Fsp3) is 0.412. The molecule has 1 aliphatic heterocycles. The second kappa shape index (κ2) is 8.59. The molecule has 0 aliphatic carbocycles. The molecule has 6 nitrogen and oxygen atoms in total. The lowest BCUT2D eigenvalue weighted by molar-refractivity contribution is -0.150. The van der Waals surface area contributed by atoms with Gasteiger partial charge in [-0.25, -0.2) is 4.79 Å². The molecule has 0 saturated heterocycles. The summed E-state index contributed by atoms with van der Waals surface area (Å²) in [6.07, 6.45) is 2.72. The van der Waals surface area contributed by atoms with Crippen LogP contribution in [0, 0.1) is 0 Å². The van der Waals surface area contributed by atoms with Crippen molar-refractivity contribution in [3.8, 4) is 11.5 Å². The fourth-order valence-corrected chi connectivity index (χ4v) is 2.37. The number of halogens is 1. The van der Waals surface area contributed by atoms with Crippen LogP contribution in [0.3, 0.4) is 0 Å². The quantitative estimate of drug-likeness (QED) is 0.650. The van der Waals surface area contributed by atoms with Crippen LogP contribution in [0.2, 0.25) is 5.02 Å². The Bertz CT molecular complexity index is 644. The first-order valence-corrected chi connectivity index (χ1v) is 8.14. The number of nitrogens with one attached hydrogen (secondary N) is 1. The van der Waals surface area contributed by atoms with Gasteiger partial charge in [-0.1, -0.05) is 11.6 Å². The van der Waals surface area contributed by atoms with Gasteiger partial charge in [0.25, 0.3) is 5.91 Å². The molecule has 0 unspecified atom stereocenters. The van der Waals surface area contributed by atoms with Crippen molar-refractivity contribution < 1.29 is 23.8 Å². The third-order valence-corrected chi connectivity index (χ3v) is 3.53. The molecule has 0 fully saturated rings. The Morgan fingerprint density at radius 3 is 2.88 bits per heavy atom. The molecular formula is C17H20ClNO5. The molecule has 1 aromatic carbocycles. The monoisotopic (exact) mass is 353 g/mol. The molecule has 1 atom stereocenters. The maximum atomic E-state index is 11.8. The predicted octanol–water partition coefficient (Wildman–Crippen LogP) is 2.58. The molecule has 24 heavy (non-hydrogen) atoms. The summed E-state index contributed by atoms with van der Waals surface area (Å²) in [6.45, 7) is 4.88. The van der Waals surface area contributed by atoms with Crippen LogP contribution in [-0.4, -0.2) is 37.7 Å². The topological polar surface area (TPSA) is 73.9 Å². The first kappa shape index (κ1) is 18.1. The van der Waals surface area contributed by atoms with Gasteiger partial charge in [0.1, 0.15) is 0 Å². The van der Waals surface area contributed by atoms with Crippen LogP contribution in [0.15, 0.2) is 18.2 Å². The number of fused-ring (bicyclic) bond motifs is 1. The number of carbonyl (C=O) groups is 2. The van der Waals surface area contributed by atoms with Crippen LogP contribution < -0.4 is 14.8 Å². The van der Waals surface area contributed by atoms with Crippen molar-refractivity contribution in [3.05, 3.63) is 28.8 Å². The van der Waals surface area contributed by atoms with Crippen molar-refractivity contribution in [2.75, 3.05) is 19.8 Å². The van der Waals surface area contributed by atoms with Gasteiger partial charge in [0, 0.05) is 19.0 Å². The largest absolute Gasteiger partial charge is 0.489 e. The van der Waals surface area contributed by atoms with E-state index in [1.54, 1.807) is 25.1 Å². The van der Waals surface area contributed by atoms with Gasteiger partial charge in [-0.05, 0) is 37.6 Å². The number of benzene rings is 1. The van der Waals surface area contributed by atoms with Crippen LogP contribution in [-0.2, 0) is 14.3 Å². The molecule has 1 N–H and O–H groups in total. The van der Waals surface area contributed by atoms with Gasteiger partial charge in [-0.2, -0.15) is 0 Å². The van der Waals surface area contributed by atoms with Crippen molar-refractivity contribution in [2.45, 2.75) is 26.4 Å². The molecule has 7 heteroatoms. The van der Waals surface area contributed by atoms with E-state index >= 15 is 0 Å². The highest BCUT2D eigenvalue weighted by atomic mass is 35.5. The number of esters is 1. The average molecular weight is 354 g/mol. The van der Waals surface area contributed by atoms with Gasteiger partial charge in [-0.15, -0.1) is 0 Å². The minimum Gasteiger partial charge on any atom is -0.489 e. The lowest BCUT2D eigenvalue weighted by atomic mass is 10.2. The summed E-state index contributed by atoms with van der Waals surface area (Å²) >= 11 is 6.19. The van der Waals surface area contributed by atoms with Crippen molar-refractivity contribution >= 4 is 29.6 Å². The van der Waals surface area contributed by atoms with E-state index in [0.717, 1.165) is 6.42 Å². The summed E-state index contributed by atoms with van der Waals surface area (Å²) in [5.41, 5.74) is 0.673. The van der Waals surface area contributed by atoms with Gasteiger partial charge in [0.05, 0.1) is 18.2 Å². The molecule has 1 aromatic rings. The highest BCUT2D eigenvalue weighted by Crippen LogP contribution is 2.38. The van der Waals surface area contributed by atoms with Crippen molar-refractivity contribution in [2.24, 2.45) is 0 Å². The second-order valence-corrected chi connectivity index (χ2v) is 5.59. The highest BCUT2D eigenvalue weighted by Gasteiger charge is 2.16. The summed E-state index contributed by atoms with van der Waals surface area (Å²) in [6, 6.07) is 3.41. The molecule has 0 saturated carbocycles. The Kier molecular flexibility index (Phi) is 6.49. The Morgan fingerprint density at radius 1 is 1.38 bits per heavy atom. The summed E-state index contributed by atoms with van der Waals surface area (Å²) in [5.74, 6) is 0.109. The Labute approximate surface area is 145 Å². The number of rotatable bonds is 5. The van der Waals surface area contributed by atoms with Crippen LogP contribution in [0.1, 0.15) is 25.8 Å². The second-order valence-electron chi connectivity index (χ2n) is 5.19. The van der Waals surface area contributed by atoms with Gasteiger partial charge in [0.2, 0.25) is 0 Å². The summed E-state index contributed by atoms with van der Waals surface area (Å²) in [4.78, 5) is 23.3. The van der Waals surface area contributed by atoms with E-state index in [9.17, 15) is 9.59 Å². The van der Waals surface area contributed by atoms with Gasteiger partial charge in [0.15, 0.2) is 17.6 Å². The molecule has 0 aromatic heterocycles. The van der Waals surface area contributed by atoms with Gasteiger partial charge in [-0.3, -0.25) is 4.79 Å². The first-order valence-electron chi connectivity index (χ1n) is 7.76. The van der Waals surface area contributed by atoms with Crippen molar-refractivity contribution in [3.63, 3.8) is 0 Å². The Balaban J connectivity index is 2.03. The fourth-order valence-electron chi connectivity index (χ4n) is 2.10. The van der Waals surface area contributed by atoms with E-state index in [1.165, 1.54) is 13.0 Å². The van der Waals surface area contributed by atoms with Gasteiger partial charge >= 0.3 is 5.97 Å². The molecular weight excluding hydrogens is 334 g/mol. The molecule has 130 valence electrons. The summed E-state index contributed by atoms with van der Waals surface area (Å²) < 4.78 is 16.2. The van der Waals surface area contributed by atoms with Crippen molar-refractivity contribution in [1.82, 2.24) is 5.32 Å². The van der Waals surface area contributed by atoms with E-state index in [-0.39, 0.29) is 5.91 Å². The zero-order valence-electron chi connectivity index (χ0n) is 13.6. The lowest BCUT2D eigenvalue weighted by Crippen LogP contribution is -2.35. The molecule has 1 amide bonds. The number of carbonyl (C=O) groups excluding carboxylic acids is 2. The third-order valence-electron chi connectivity index (χ3n) is 3.25. The highest BCUT2D eigenvalue weighted by molar-refractivity contribution is 6.32. The van der Waals surface area contributed by atoms with Crippen molar-refractivity contribution in [1.29, 1.82) is 0 Å². The standard InChI is InChI=1S/C17H20ClNO5/c1-3-19-17(21)11(2)24-15(20)6-5-12-9-13(18)16-14(10-12)22-7-4-8-23-16/h5-6,9-11H,3-4,7-8H2,1-2H3,(H,19,21)/b6-5+/t11-/m0/s1. The number of likely N-dealkylation sites (N-methyl/N-ethyl adjacent to an activating group) is 1. The zero-order valence-corrected chi connectivity index (χ0v) is 14.4. The van der Waals surface area contributed by atoms with Gasteiger partial charge < -0.3 is 19.5 Å². The number of ether oxygens (including phenoxy) is 3. The van der Waals surface area contributed by atoms with E-state index in [0.29, 0.717) is 41.8 Å². The molecule has 1 heterocycles. The average Bonchev–Trinajstić information content (AvgIpc) is 2.79. The van der Waals surface area contributed by atoms with E-state index in [4.69, 9.17) is 25.8 Å². The summed E-state index contributed by atoms with van der Waals surface area (Å²) in [7, 11) is 0. The minimum absolute atomic E-state index is 0.335. The molecule has 2 rings (SSSR count). The van der Waals surface area contributed by atoms with E-state index in [1.807, 2.05) is 0 Å². The number of hydrogen-bond acceptors (Lipinski definition) is 5. The van der Waals surface area contributed by atoms with Crippen LogP contribution in [0.5, 0.6) is 11.5 Å². The lowest BCUT2D eigenvalue weighted by Gasteiger charge is -2.11. The van der Waals surface area contributed by atoms with Crippen LogP contribution in [0.25, 0.3) is 6.08 Å². The third kappa shape index (κ3) is 4.89. The Morgan fingerprint density at radius 2 is 2.12 bits per heavy atom. The number of hydrogen-bond donors (Lipinski definition) is 1. The predicted molar refractivity (Wildman–Crippen MR) is 90.3 cm³/mol. The number of amides is 1. The first-order chi connectivity index (χ1) is 11.5. The SMILES string of the molecule is CCNC(=O)[C@H](C)OC(=O)/C=C/c1cc(Cl)c2c(c1)OCCCO2. The molecule has 0 radical (unpaired) electrons. The minimum atomic E-state index is -0.852. The van der Waals surface area contributed by atoms with Crippen LogP contribution >= 0.6 is 11.6 Å².